The van der Waals surface area contributed by atoms with Crippen LogP contribution in [0.1, 0.15) is 22.8 Å². The van der Waals surface area contributed by atoms with Gasteiger partial charge in [0.2, 0.25) is 0 Å². The molecule has 1 aromatic carbocycles. The predicted molar refractivity (Wildman–Crippen MR) is 116 cm³/mol. The van der Waals surface area contributed by atoms with Gasteiger partial charge in [0, 0.05) is 46.0 Å². The highest BCUT2D eigenvalue weighted by Crippen LogP contribution is 2.11. The third-order valence-corrected chi connectivity index (χ3v) is 4.95. The van der Waals surface area contributed by atoms with Crippen molar-refractivity contribution in [1.82, 2.24) is 34.8 Å². The molecule has 2 heterocycles. The first-order valence-electron chi connectivity index (χ1n) is 9.91. The van der Waals surface area contributed by atoms with Crippen molar-refractivity contribution in [3.63, 3.8) is 0 Å². The summed E-state index contributed by atoms with van der Waals surface area (Å²) in [5.41, 5.74) is 2.36. The van der Waals surface area contributed by atoms with Gasteiger partial charge >= 0.3 is 0 Å². The minimum absolute atomic E-state index is 0.458. The summed E-state index contributed by atoms with van der Waals surface area (Å²) in [4.78, 5) is 6.88. The Morgan fingerprint density at radius 2 is 1.93 bits per heavy atom. The molecule has 0 unspecified atom stereocenters. The summed E-state index contributed by atoms with van der Waals surface area (Å²) in [6, 6.07) is 8.13. The molecule has 0 aliphatic carbocycles. The third kappa shape index (κ3) is 5.59. The van der Waals surface area contributed by atoms with Crippen LogP contribution < -0.4 is 10.1 Å². The number of ether oxygens (including phenoxy) is 1. The van der Waals surface area contributed by atoms with E-state index in [0.29, 0.717) is 13.1 Å². The second-order valence-electron chi connectivity index (χ2n) is 7.27. The molecule has 0 bridgehead atoms. The molecule has 1 N–H and O–H groups in total. The van der Waals surface area contributed by atoms with Crippen LogP contribution in [0.2, 0.25) is 0 Å². The van der Waals surface area contributed by atoms with Gasteiger partial charge in [-0.25, -0.2) is 4.99 Å². The zero-order valence-electron chi connectivity index (χ0n) is 18.3. The molecule has 9 heteroatoms. The Bertz CT molecular complexity index is 973. The zero-order valence-corrected chi connectivity index (χ0v) is 18.3. The highest BCUT2D eigenvalue weighted by Gasteiger charge is 2.10. The normalized spacial score (nSPS) is 11.6. The second kappa shape index (κ2) is 9.91. The number of aryl methyl sites for hydroxylation is 2. The maximum absolute atomic E-state index is 5.23. The van der Waals surface area contributed by atoms with Gasteiger partial charge in [-0.3, -0.25) is 4.68 Å². The minimum atomic E-state index is 0.458. The van der Waals surface area contributed by atoms with E-state index in [1.807, 2.05) is 57.2 Å². The van der Waals surface area contributed by atoms with E-state index < -0.39 is 0 Å². The Hall–Kier alpha value is -3.36. The quantitative estimate of drug-likeness (QED) is 0.449. The lowest BCUT2D eigenvalue weighted by Gasteiger charge is -2.22. The van der Waals surface area contributed by atoms with Crippen LogP contribution in [0.3, 0.4) is 0 Å². The van der Waals surface area contributed by atoms with Crippen LogP contribution in [0.25, 0.3) is 0 Å². The smallest absolute Gasteiger partial charge is 0.194 e. The first-order valence-corrected chi connectivity index (χ1v) is 9.91. The van der Waals surface area contributed by atoms with Gasteiger partial charge in [0.05, 0.1) is 13.3 Å². The van der Waals surface area contributed by atoms with Crippen molar-refractivity contribution < 1.29 is 4.74 Å². The second-order valence-corrected chi connectivity index (χ2v) is 7.27. The van der Waals surface area contributed by atoms with Crippen LogP contribution in [0.4, 0.5) is 0 Å². The molecule has 0 aliphatic heterocycles. The molecule has 0 fully saturated rings. The standard InChI is InChI=1S/C21H30N8O/c1-16-25-26-20(29(16)4)13-23-21(27(2)14-18-12-24-28(3)15-18)22-11-10-17-6-8-19(30-5)9-7-17/h6-9,12,15H,10-11,13-14H2,1-5H3,(H,22,23). The number of rotatable bonds is 8. The first-order chi connectivity index (χ1) is 14.5. The van der Waals surface area contributed by atoms with Crippen LogP contribution in [0, 0.1) is 6.92 Å². The molecular formula is C21H30N8O. The number of guanidine groups is 1. The summed E-state index contributed by atoms with van der Waals surface area (Å²) in [6.07, 6.45) is 4.77. The van der Waals surface area contributed by atoms with Crippen molar-refractivity contribution in [3.8, 4) is 5.75 Å². The SMILES string of the molecule is COc1ccc(CCNC(=NCc2nnc(C)n2C)N(C)Cc2cnn(C)c2)cc1. The van der Waals surface area contributed by atoms with E-state index in [1.165, 1.54) is 5.56 Å². The lowest BCUT2D eigenvalue weighted by Crippen LogP contribution is -2.39. The molecule has 9 nitrogen and oxygen atoms in total. The number of nitrogens with zero attached hydrogens (tertiary/aromatic N) is 7. The number of methoxy groups -OCH3 is 1. The van der Waals surface area contributed by atoms with E-state index in [2.05, 4.69) is 37.6 Å². The lowest BCUT2D eigenvalue weighted by atomic mass is 10.1. The van der Waals surface area contributed by atoms with Crippen LogP contribution in [-0.4, -0.2) is 56.1 Å². The van der Waals surface area contributed by atoms with E-state index in [9.17, 15) is 0 Å². The Labute approximate surface area is 177 Å². The first kappa shape index (κ1) is 21.4. The molecule has 0 saturated heterocycles. The van der Waals surface area contributed by atoms with E-state index in [4.69, 9.17) is 9.73 Å². The Balaban J connectivity index is 1.67. The van der Waals surface area contributed by atoms with Crippen molar-refractivity contribution >= 4 is 5.96 Å². The van der Waals surface area contributed by atoms with Crippen molar-refractivity contribution in [2.45, 2.75) is 26.4 Å². The van der Waals surface area contributed by atoms with Crippen molar-refractivity contribution in [3.05, 3.63) is 59.4 Å². The fourth-order valence-corrected chi connectivity index (χ4v) is 3.06. The zero-order chi connectivity index (χ0) is 21.5. The topological polar surface area (TPSA) is 85.4 Å². The largest absolute Gasteiger partial charge is 0.497 e. The molecule has 0 aliphatic rings. The van der Waals surface area contributed by atoms with Crippen LogP contribution >= 0.6 is 0 Å². The summed E-state index contributed by atoms with van der Waals surface area (Å²) < 4.78 is 8.99. The molecule has 0 atom stereocenters. The lowest BCUT2D eigenvalue weighted by molar-refractivity contribution is 0.414. The molecule has 2 aromatic heterocycles. The van der Waals surface area contributed by atoms with Gasteiger partial charge in [-0.2, -0.15) is 5.10 Å². The molecule has 0 spiro atoms. The monoisotopic (exact) mass is 410 g/mol. The Morgan fingerprint density at radius 3 is 2.53 bits per heavy atom. The van der Waals surface area contributed by atoms with E-state index in [-0.39, 0.29) is 0 Å². The predicted octanol–water partition coefficient (Wildman–Crippen LogP) is 1.69. The molecule has 3 rings (SSSR count). The van der Waals surface area contributed by atoms with E-state index in [0.717, 1.165) is 41.9 Å². The fraction of sp³-hybridized carbons (Fsp3) is 0.429. The maximum Gasteiger partial charge on any atom is 0.194 e. The fourth-order valence-electron chi connectivity index (χ4n) is 3.06. The van der Waals surface area contributed by atoms with Gasteiger partial charge in [0.25, 0.3) is 0 Å². The number of aromatic nitrogens is 5. The van der Waals surface area contributed by atoms with Crippen molar-refractivity contribution in [1.29, 1.82) is 0 Å². The summed E-state index contributed by atoms with van der Waals surface area (Å²) in [7, 11) is 7.57. The maximum atomic E-state index is 5.23. The summed E-state index contributed by atoms with van der Waals surface area (Å²) >= 11 is 0. The molecule has 0 saturated carbocycles. The van der Waals surface area contributed by atoms with Gasteiger partial charge in [-0.05, 0) is 31.0 Å². The summed E-state index contributed by atoms with van der Waals surface area (Å²) in [5, 5.41) is 16.1. The van der Waals surface area contributed by atoms with Crippen LogP contribution in [-0.2, 0) is 33.6 Å². The van der Waals surface area contributed by atoms with Gasteiger partial charge < -0.3 is 19.5 Å². The van der Waals surface area contributed by atoms with Gasteiger partial charge in [0.1, 0.15) is 18.1 Å². The van der Waals surface area contributed by atoms with Crippen molar-refractivity contribution in [2.24, 2.45) is 19.1 Å². The molecule has 0 radical (unpaired) electrons. The molecule has 160 valence electrons. The van der Waals surface area contributed by atoms with Gasteiger partial charge in [0.15, 0.2) is 11.8 Å². The van der Waals surface area contributed by atoms with Crippen molar-refractivity contribution in [2.75, 3.05) is 20.7 Å². The number of benzene rings is 1. The summed E-state index contributed by atoms with van der Waals surface area (Å²) in [6.45, 7) is 3.86. The average molecular weight is 411 g/mol. The molecule has 30 heavy (non-hydrogen) atoms. The molecular weight excluding hydrogens is 380 g/mol. The number of hydrogen-bond donors (Lipinski definition) is 1. The average Bonchev–Trinajstić information content (AvgIpc) is 3.30. The Kier molecular flexibility index (Phi) is 7.05. The highest BCUT2D eigenvalue weighted by atomic mass is 16.5. The number of aliphatic imine (C=N–C) groups is 1. The number of hydrogen-bond acceptors (Lipinski definition) is 5. The number of nitrogens with one attached hydrogen (secondary N) is 1. The Morgan fingerprint density at radius 1 is 1.17 bits per heavy atom. The van der Waals surface area contributed by atoms with Crippen LogP contribution in [0.15, 0.2) is 41.7 Å². The minimum Gasteiger partial charge on any atom is -0.497 e. The van der Waals surface area contributed by atoms with Gasteiger partial charge in [-0.15, -0.1) is 10.2 Å². The molecule has 0 amide bonds. The van der Waals surface area contributed by atoms with Crippen LogP contribution in [0.5, 0.6) is 5.75 Å². The highest BCUT2D eigenvalue weighted by molar-refractivity contribution is 5.79. The van der Waals surface area contributed by atoms with Gasteiger partial charge in [-0.1, -0.05) is 12.1 Å². The van der Waals surface area contributed by atoms with E-state index >= 15 is 0 Å². The molecule has 3 aromatic rings. The third-order valence-electron chi connectivity index (χ3n) is 4.95. The van der Waals surface area contributed by atoms with E-state index in [1.54, 1.807) is 11.8 Å². The summed E-state index contributed by atoms with van der Waals surface area (Å²) in [5.74, 6) is 3.38.